The lowest BCUT2D eigenvalue weighted by molar-refractivity contribution is 0.0949. The van der Waals surface area contributed by atoms with Gasteiger partial charge in [0, 0.05) is 17.8 Å². The van der Waals surface area contributed by atoms with Gasteiger partial charge in [0.2, 0.25) is 0 Å². The Morgan fingerprint density at radius 1 is 1.17 bits per heavy atom. The van der Waals surface area contributed by atoms with Gasteiger partial charge in [-0.25, -0.2) is 8.78 Å². The normalized spacial score (nSPS) is 10.1. The van der Waals surface area contributed by atoms with Crippen molar-refractivity contribution >= 4 is 5.91 Å². The highest BCUT2D eigenvalue weighted by Crippen LogP contribution is 2.08. The summed E-state index contributed by atoms with van der Waals surface area (Å²) in [5.74, 6) is -2.10. The van der Waals surface area contributed by atoms with Crippen LogP contribution in [0.5, 0.6) is 0 Å². The molecule has 3 nitrogen and oxygen atoms in total. The number of rotatable bonds is 3. The third kappa shape index (κ3) is 3.10. The Morgan fingerprint density at radius 3 is 2.50 bits per heavy atom. The molecule has 0 aliphatic carbocycles. The molecule has 2 aromatic rings. The minimum Gasteiger partial charge on any atom is -0.346 e. The van der Waals surface area contributed by atoms with Crippen LogP contribution in [0.15, 0.2) is 42.6 Å². The Labute approximate surface area is 102 Å². The van der Waals surface area contributed by atoms with Crippen LogP contribution in [0.2, 0.25) is 0 Å². The summed E-state index contributed by atoms with van der Waals surface area (Å²) in [5.41, 5.74) is 0.617. The first-order valence-electron chi connectivity index (χ1n) is 5.29. The summed E-state index contributed by atoms with van der Waals surface area (Å²) >= 11 is 0. The van der Waals surface area contributed by atoms with Crippen LogP contribution in [0.4, 0.5) is 8.78 Å². The minimum atomic E-state index is -0.780. The predicted molar refractivity (Wildman–Crippen MR) is 61.8 cm³/mol. The van der Waals surface area contributed by atoms with E-state index in [-0.39, 0.29) is 12.1 Å². The highest BCUT2D eigenvalue weighted by molar-refractivity contribution is 5.94. The van der Waals surface area contributed by atoms with Crippen molar-refractivity contribution in [2.45, 2.75) is 6.54 Å². The fourth-order valence-corrected chi connectivity index (χ4v) is 1.46. The second-order valence-electron chi connectivity index (χ2n) is 3.66. The highest BCUT2D eigenvalue weighted by Gasteiger charge is 2.08. The number of halogens is 2. The third-order valence-corrected chi connectivity index (χ3v) is 2.28. The molecular formula is C13H10F2N2O. The molecule has 0 unspecified atom stereocenters. The van der Waals surface area contributed by atoms with Gasteiger partial charge >= 0.3 is 0 Å². The molecule has 92 valence electrons. The van der Waals surface area contributed by atoms with E-state index in [0.717, 1.165) is 18.2 Å². The highest BCUT2D eigenvalue weighted by atomic mass is 19.1. The zero-order valence-electron chi connectivity index (χ0n) is 9.36. The molecule has 0 saturated heterocycles. The van der Waals surface area contributed by atoms with Gasteiger partial charge in [-0.1, -0.05) is 6.07 Å². The summed E-state index contributed by atoms with van der Waals surface area (Å²) in [6.07, 6.45) is 1.60. The molecule has 1 amide bonds. The molecule has 1 aromatic heterocycles. The van der Waals surface area contributed by atoms with Gasteiger partial charge in [0.25, 0.3) is 5.91 Å². The van der Waals surface area contributed by atoms with E-state index in [9.17, 15) is 13.6 Å². The summed E-state index contributed by atoms with van der Waals surface area (Å²) in [4.78, 5) is 15.7. The molecule has 0 saturated carbocycles. The van der Waals surface area contributed by atoms with Crippen LogP contribution in [0.1, 0.15) is 16.1 Å². The van der Waals surface area contributed by atoms with Crippen LogP contribution in [0, 0.1) is 11.6 Å². The Balaban J connectivity index is 2.04. The first-order valence-corrected chi connectivity index (χ1v) is 5.29. The Morgan fingerprint density at radius 2 is 1.89 bits per heavy atom. The van der Waals surface area contributed by atoms with Gasteiger partial charge in [0.05, 0.1) is 12.2 Å². The second kappa shape index (κ2) is 5.35. The monoisotopic (exact) mass is 248 g/mol. The number of benzene rings is 1. The lowest BCUT2D eigenvalue weighted by Crippen LogP contribution is -2.23. The fourth-order valence-electron chi connectivity index (χ4n) is 1.46. The maximum atomic E-state index is 12.9. The Hall–Kier alpha value is -2.30. The smallest absolute Gasteiger partial charge is 0.251 e. The zero-order chi connectivity index (χ0) is 13.0. The Kier molecular flexibility index (Phi) is 3.62. The van der Waals surface area contributed by atoms with E-state index in [1.165, 1.54) is 0 Å². The third-order valence-electron chi connectivity index (χ3n) is 2.28. The Bertz CT molecular complexity index is 538. The van der Waals surface area contributed by atoms with E-state index in [1.807, 2.05) is 0 Å². The first-order chi connectivity index (χ1) is 8.65. The summed E-state index contributed by atoms with van der Waals surface area (Å²) < 4.78 is 25.8. The minimum absolute atomic E-state index is 0.0524. The van der Waals surface area contributed by atoms with E-state index < -0.39 is 17.5 Å². The van der Waals surface area contributed by atoms with Gasteiger partial charge < -0.3 is 5.32 Å². The standard InChI is InChI=1S/C13H10F2N2O/c14-10-5-9(6-11(15)7-10)13(18)17-8-12-3-1-2-4-16-12/h1-7H,8H2,(H,17,18). The van der Waals surface area contributed by atoms with Gasteiger partial charge in [0.1, 0.15) is 11.6 Å². The van der Waals surface area contributed by atoms with Gasteiger partial charge in [-0.15, -0.1) is 0 Å². The number of hydrogen-bond donors (Lipinski definition) is 1. The van der Waals surface area contributed by atoms with Gasteiger partial charge in [-0.2, -0.15) is 0 Å². The van der Waals surface area contributed by atoms with E-state index in [0.29, 0.717) is 5.69 Å². The molecule has 1 aromatic carbocycles. The molecule has 0 radical (unpaired) electrons. The largest absolute Gasteiger partial charge is 0.346 e. The van der Waals surface area contributed by atoms with Crippen LogP contribution >= 0.6 is 0 Å². The number of nitrogens with zero attached hydrogens (tertiary/aromatic N) is 1. The molecule has 0 spiro atoms. The summed E-state index contributed by atoms with van der Waals surface area (Å²) in [6.45, 7) is 0.206. The van der Waals surface area contributed by atoms with Crippen molar-refractivity contribution in [1.29, 1.82) is 0 Å². The van der Waals surface area contributed by atoms with Crippen LogP contribution in [0.3, 0.4) is 0 Å². The van der Waals surface area contributed by atoms with Crippen molar-refractivity contribution < 1.29 is 13.6 Å². The predicted octanol–water partition coefficient (Wildman–Crippen LogP) is 2.29. The molecular weight excluding hydrogens is 238 g/mol. The van der Waals surface area contributed by atoms with Crippen LogP contribution in [0.25, 0.3) is 0 Å². The average Bonchev–Trinajstić information content (AvgIpc) is 2.36. The number of carbonyl (C=O) groups excluding carboxylic acids is 1. The summed E-state index contributed by atoms with van der Waals surface area (Å²) in [5, 5.41) is 2.53. The molecule has 0 aliphatic rings. The maximum Gasteiger partial charge on any atom is 0.251 e. The van der Waals surface area contributed by atoms with Crippen molar-refractivity contribution in [3.8, 4) is 0 Å². The molecule has 0 fully saturated rings. The van der Waals surface area contributed by atoms with Crippen molar-refractivity contribution in [3.63, 3.8) is 0 Å². The number of aromatic nitrogens is 1. The number of nitrogens with one attached hydrogen (secondary N) is 1. The zero-order valence-corrected chi connectivity index (χ0v) is 9.36. The van der Waals surface area contributed by atoms with Crippen LogP contribution < -0.4 is 5.32 Å². The van der Waals surface area contributed by atoms with E-state index in [4.69, 9.17) is 0 Å². The van der Waals surface area contributed by atoms with Crippen molar-refractivity contribution in [2.75, 3.05) is 0 Å². The van der Waals surface area contributed by atoms with Crippen LogP contribution in [-0.2, 0) is 6.54 Å². The fraction of sp³-hybridized carbons (Fsp3) is 0.0769. The number of pyridine rings is 1. The summed E-state index contributed by atoms with van der Waals surface area (Å²) in [7, 11) is 0. The molecule has 0 atom stereocenters. The molecule has 0 aliphatic heterocycles. The molecule has 0 bridgehead atoms. The van der Waals surface area contributed by atoms with Crippen molar-refractivity contribution in [2.24, 2.45) is 0 Å². The van der Waals surface area contributed by atoms with Gasteiger partial charge in [0.15, 0.2) is 0 Å². The average molecular weight is 248 g/mol. The van der Waals surface area contributed by atoms with Crippen LogP contribution in [-0.4, -0.2) is 10.9 Å². The lowest BCUT2D eigenvalue weighted by Gasteiger charge is -2.05. The summed E-state index contributed by atoms with van der Waals surface area (Å²) in [6, 6.07) is 7.97. The first kappa shape index (κ1) is 12.2. The SMILES string of the molecule is O=C(NCc1ccccn1)c1cc(F)cc(F)c1. The number of hydrogen-bond acceptors (Lipinski definition) is 2. The quantitative estimate of drug-likeness (QED) is 0.905. The molecule has 1 N–H and O–H groups in total. The van der Waals surface area contributed by atoms with Gasteiger partial charge in [-0.05, 0) is 24.3 Å². The lowest BCUT2D eigenvalue weighted by atomic mass is 10.2. The topological polar surface area (TPSA) is 42.0 Å². The molecule has 5 heteroatoms. The van der Waals surface area contributed by atoms with E-state index >= 15 is 0 Å². The second-order valence-corrected chi connectivity index (χ2v) is 3.66. The van der Waals surface area contributed by atoms with Crippen molar-refractivity contribution in [1.82, 2.24) is 10.3 Å². The molecule has 1 heterocycles. The number of amides is 1. The maximum absolute atomic E-state index is 12.9. The van der Waals surface area contributed by atoms with Gasteiger partial charge in [-0.3, -0.25) is 9.78 Å². The van der Waals surface area contributed by atoms with E-state index in [1.54, 1.807) is 24.4 Å². The van der Waals surface area contributed by atoms with Crippen molar-refractivity contribution in [3.05, 3.63) is 65.5 Å². The molecule has 2 rings (SSSR count). The number of carbonyl (C=O) groups is 1. The molecule has 18 heavy (non-hydrogen) atoms. The van der Waals surface area contributed by atoms with E-state index in [2.05, 4.69) is 10.3 Å².